The van der Waals surface area contributed by atoms with Crippen LogP contribution in [0.1, 0.15) is 81.1 Å². The predicted octanol–water partition coefficient (Wildman–Crippen LogP) is 4.76. The molecule has 324 valence electrons. The third-order valence-corrected chi connectivity index (χ3v) is 13.9. The van der Waals surface area contributed by atoms with E-state index in [1.54, 1.807) is 32.1 Å². The summed E-state index contributed by atoms with van der Waals surface area (Å²) in [6, 6.07) is 3.76. The van der Waals surface area contributed by atoms with Crippen LogP contribution in [-0.4, -0.2) is 125 Å². The van der Waals surface area contributed by atoms with Crippen molar-refractivity contribution in [2.75, 3.05) is 34.3 Å². The van der Waals surface area contributed by atoms with Crippen molar-refractivity contribution < 1.29 is 48.0 Å². The number of rotatable bonds is 12. The molecule has 0 amide bonds. The first-order chi connectivity index (χ1) is 27.4. The second-order valence-corrected chi connectivity index (χ2v) is 18.4. The first-order valence-electron chi connectivity index (χ1n) is 20.8. The Hall–Kier alpha value is -3.05. The SMILES string of the molecule is CC[C@H]1OC(=O)[C@H](C)C(=O)C(C)[C@@H](O[C@@H]2O[C@H](C)C[C@H](N(C)C)[C@H]2O)[C@](C)(OC)C[C@@H](C)C(=O)[C@H](C)[C@H]2C(CNCCCn3cnc(-c4cccs4)c3)C(=O)O[C@@]21C. The molecule has 15 heteroatoms. The topological polar surface area (TPSA) is 168 Å². The number of aliphatic hydroxyl groups is 1. The Morgan fingerprint density at radius 2 is 1.79 bits per heavy atom. The van der Waals surface area contributed by atoms with Crippen LogP contribution in [0, 0.1) is 35.5 Å². The Labute approximate surface area is 347 Å². The van der Waals surface area contributed by atoms with Crippen molar-refractivity contribution in [3.05, 3.63) is 30.0 Å². The Morgan fingerprint density at radius 1 is 1.07 bits per heavy atom. The van der Waals surface area contributed by atoms with Gasteiger partial charge in [-0.25, -0.2) is 4.98 Å². The monoisotopic (exact) mass is 830 g/mol. The van der Waals surface area contributed by atoms with Crippen LogP contribution in [0.3, 0.4) is 0 Å². The number of ether oxygens (including phenoxy) is 5. The van der Waals surface area contributed by atoms with E-state index >= 15 is 0 Å². The summed E-state index contributed by atoms with van der Waals surface area (Å²) in [4.78, 5) is 64.4. The fourth-order valence-electron chi connectivity index (χ4n) is 9.67. The van der Waals surface area contributed by atoms with E-state index in [1.807, 2.05) is 81.3 Å². The van der Waals surface area contributed by atoms with Crippen LogP contribution >= 0.6 is 11.3 Å². The van der Waals surface area contributed by atoms with Crippen LogP contribution in [0.5, 0.6) is 0 Å². The maximum atomic E-state index is 14.7. The largest absolute Gasteiger partial charge is 0.458 e. The summed E-state index contributed by atoms with van der Waals surface area (Å²) in [7, 11) is 5.25. The second-order valence-electron chi connectivity index (χ2n) is 17.5. The Kier molecular flexibility index (Phi) is 15.2. The molecule has 0 aliphatic carbocycles. The highest BCUT2D eigenvalue weighted by atomic mass is 32.1. The highest BCUT2D eigenvalue weighted by Crippen LogP contribution is 2.48. The van der Waals surface area contributed by atoms with Crippen molar-refractivity contribution in [3.63, 3.8) is 0 Å². The molecule has 2 aromatic heterocycles. The van der Waals surface area contributed by atoms with Gasteiger partial charge in [0, 0.05) is 56.1 Å². The number of hydrogen-bond acceptors (Lipinski definition) is 14. The van der Waals surface area contributed by atoms with Crippen molar-refractivity contribution >= 4 is 34.8 Å². The van der Waals surface area contributed by atoms with Crippen molar-refractivity contribution in [3.8, 4) is 10.6 Å². The Morgan fingerprint density at radius 3 is 2.43 bits per heavy atom. The van der Waals surface area contributed by atoms with Crippen LogP contribution in [0.15, 0.2) is 30.0 Å². The van der Waals surface area contributed by atoms with Gasteiger partial charge in [-0.3, -0.25) is 19.2 Å². The summed E-state index contributed by atoms with van der Waals surface area (Å²) in [5, 5.41) is 16.9. The smallest absolute Gasteiger partial charge is 0.316 e. The predicted molar refractivity (Wildman–Crippen MR) is 219 cm³/mol. The van der Waals surface area contributed by atoms with Gasteiger partial charge in [0.2, 0.25) is 0 Å². The number of methoxy groups -OCH3 is 1. The lowest BCUT2D eigenvalue weighted by atomic mass is 9.67. The number of nitrogens with zero attached hydrogens (tertiary/aromatic N) is 3. The molecular weight excluding hydrogens is 765 g/mol. The lowest BCUT2D eigenvalue weighted by Crippen LogP contribution is -2.59. The molecule has 3 saturated heterocycles. The van der Waals surface area contributed by atoms with Gasteiger partial charge in [0.05, 0.1) is 40.6 Å². The number of likely N-dealkylation sites (N-methyl/N-ethyl adjacent to an activating group) is 1. The Balaban J connectivity index is 1.41. The van der Waals surface area contributed by atoms with Crippen molar-refractivity contribution in [1.29, 1.82) is 0 Å². The molecule has 3 aliphatic heterocycles. The molecule has 3 aliphatic rings. The van der Waals surface area contributed by atoms with Crippen molar-refractivity contribution in [2.45, 2.75) is 136 Å². The van der Waals surface area contributed by atoms with Crippen molar-refractivity contribution in [1.82, 2.24) is 19.8 Å². The standard InChI is InChI=1S/C43H66N4O10S/c1-12-33-43(8)34(29(40(52)57-43)21-44-16-14-17-47-22-30(45-23-47)32-15-13-18-58-32)26(4)35(48)24(2)20-42(7,53-11)38(27(5)36(49)28(6)39(51)55-33)56-41-37(50)31(46(9)10)19-25(3)54-41/h13,15,18,22-29,31,33-34,37-38,41,44,50H,12,14,16-17,19-21H2,1-11H3/t24-,25-,26-,27?,28-,29?,31+,33-,34+,37-,38-,41+,42-,43-/m1/s1. The number of imidazole rings is 1. The number of aryl methyl sites for hydroxylation is 1. The summed E-state index contributed by atoms with van der Waals surface area (Å²) < 4.78 is 33.3. The molecule has 0 bridgehead atoms. The highest BCUT2D eigenvalue weighted by Gasteiger charge is 2.61. The van der Waals surface area contributed by atoms with Gasteiger partial charge in [0.15, 0.2) is 17.7 Å². The van der Waals surface area contributed by atoms with E-state index in [0.29, 0.717) is 13.0 Å². The van der Waals surface area contributed by atoms with Gasteiger partial charge in [0.1, 0.15) is 23.9 Å². The maximum Gasteiger partial charge on any atom is 0.316 e. The quantitative estimate of drug-likeness (QED) is 0.171. The minimum atomic E-state index is -1.35. The molecule has 2 unspecified atom stereocenters. The molecule has 58 heavy (non-hydrogen) atoms. The number of Topliss-reactive ketones (excluding diaryl/α,β-unsaturated/α-hetero) is 2. The Bertz CT molecular complexity index is 1720. The number of carbonyl (C=O) groups excluding carboxylic acids is 4. The number of carbonyl (C=O) groups is 4. The number of hydrogen-bond donors (Lipinski definition) is 2. The molecule has 5 rings (SSSR count). The molecule has 0 saturated carbocycles. The zero-order chi connectivity index (χ0) is 42.7. The number of ketones is 2. The van der Waals surface area contributed by atoms with Gasteiger partial charge in [0.25, 0.3) is 0 Å². The minimum Gasteiger partial charge on any atom is -0.458 e. The third kappa shape index (κ3) is 9.61. The molecular formula is C43H66N4O10S. The molecule has 0 radical (unpaired) electrons. The molecule has 2 aromatic rings. The zero-order valence-corrected chi connectivity index (χ0v) is 37.0. The average molecular weight is 831 g/mol. The van der Waals surface area contributed by atoms with Gasteiger partial charge in [-0.05, 0) is 85.5 Å². The third-order valence-electron chi connectivity index (χ3n) is 13.0. The summed E-state index contributed by atoms with van der Waals surface area (Å²) >= 11 is 1.64. The minimum absolute atomic E-state index is 0.121. The molecule has 5 heterocycles. The summed E-state index contributed by atoms with van der Waals surface area (Å²) in [5.74, 6) is -6.65. The normalized spacial score (nSPS) is 38.0. The van der Waals surface area contributed by atoms with E-state index < -0.39 is 89.0 Å². The number of thiophene rings is 1. The number of esters is 2. The fourth-order valence-corrected chi connectivity index (χ4v) is 10.4. The molecule has 14 nitrogen and oxygen atoms in total. The first-order valence-corrected chi connectivity index (χ1v) is 21.7. The summed E-state index contributed by atoms with van der Waals surface area (Å²) in [6.07, 6.45) is 1.23. The summed E-state index contributed by atoms with van der Waals surface area (Å²) in [6.45, 7) is 15.7. The van der Waals surface area contributed by atoms with Gasteiger partial charge in [-0.1, -0.05) is 33.8 Å². The van der Waals surface area contributed by atoms with E-state index in [1.165, 1.54) is 14.0 Å². The van der Waals surface area contributed by atoms with E-state index in [2.05, 4.69) is 10.3 Å². The number of aliphatic hydroxyl groups excluding tert-OH is 1. The van der Waals surface area contributed by atoms with Crippen LogP contribution in [0.2, 0.25) is 0 Å². The first kappa shape index (κ1) is 46.0. The highest BCUT2D eigenvalue weighted by molar-refractivity contribution is 7.13. The van der Waals surface area contributed by atoms with Crippen molar-refractivity contribution in [2.24, 2.45) is 35.5 Å². The van der Waals surface area contributed by atoms with E-state index in [4.69, 9.17) is 23.7 Å². The number of fused-ring (bicyclic) bond motifs is 1. The van der Waals surface area contributed by atoms with E-state index in [0.717, 1.165) is 23.5 Å². The molecule has 14 atom stereocenters. The number of aromatic nitrogens is 2. The van der Waals surface area contributed by atoms with Gasteiger partial charge in [-0.2, -0.15) is 0 Å². The lowest BCUT2D eigenvalue weighted by Gasteiger charge is -2.47. The van der Waals surface area contributed by atoms with Crippen LogP contribution < -0.4 is 5.32 Å². The van der Waals surface area contributed by atoms with Crippen LogP contribution in [-0.2, 0) is 49.4 Å². The van der Waals surface area contributed by atoms with Crippen LogP contribution in [0.25, 0.3) is 10.6 Å². The second kappa shape index (κ2) is 19.1. The lowest BCUT2D eigenvalue weighted by molar-refractivity contribution is -0.295. The summed E-state index contributed by atoms with van der Waals surface area (Å²) in [5.41, 5.74) is -1.68. The van der Waals surface area contributed by atoms with Gasteiger partial charge >= 0.3 is 11.9 Å². The molecule has 2 N–H and O–H groups in total. The van der Waals surface area contributed by atoms with Gasteiger partial charge < -0.3 is 43.6 Å². The average Bonchev–Trinajstić information content (AvgIpc) is 3.95. The van der Waals surface area contributed by atoms with E-state index in [-0.39, 0.29) is 37.3 Å². The van der Waals surface area contributed by atoms with Gasteiger partial charge in [-0.15, -0.1) is 11.3 Å². The van der Waals surface area contributed by atoms with Crippen LogP contribution in [0.4, 0.5) is 0 Å². The molecule has 0 aromatic carbocycles. The number of cyclic esters (lactones) is 1. The van der Waals surface area contributed by atoms with E-state index in [9.17, 15) is 24.3 Å². The molecule has 0 spiro atoms. The molecule has 3 fully saturated rings. The zero-order valence-electron chi connectivity index (χ0n) is 36.1. The number of nitrogens with one attached hydrogen (secondary N) is 1. The maximum absolute atomic E-state index is 14.7. The fraction of sp³-hybridized carbons (Fsp3) is 0.744.